The minimum Gasteiger partial charge on any atom is -0.469 e. The normalized spacial score (nSPS) is 53.9. The molecule has 6 unspecified atom stereocenters. The van der Waals surface area contributed by atoms with Crippen molar-refractivity contribution in [3.63, 3.8) is 0 Å². The molecule has 3 aliphatic rings. The second-order valence-corrected chi connectivity index (χ2v) is 4.59. The molecular weight excluding hydrogens is 184 g/mol. The van der Waals surface area contributed by atoms with Gasteiger partial charge in [-0.25, -0.2) is 0 Å². The van der Waals surface area contributed by atoms with Crippen LogP contribution in [0.2, 0.25) is 0 Å². The maximum absolute atomic E-state index is 11.5. The van der Waals surface area contributed by atoms with Gasteiger partial charge in [-0.1, -0.05) is 0 Å². The quantitative estimate of drug-likeness (QED) is 0.609. The molecule has 0 aromatic carbocycles. The first-order valence-corrected chi connectivity index (χ1v) is 5.13. The molecule has 14 heavy (non-hydrogen) atoms. The monoisotopic (exact) mass is 198 g/mol. The number of aliphatic hydroxyl groups excluding tert-OH is 1. The van der Waals surface area contributed by atoms with Crippen LogP contribution >= 0.6 is 0 Å². The molecule has 0 aromatic rings. The van der Waals surface area contributed by atoms with Crippen LogP contribution in [-0.2, 0) is 14.3 Å². The minimum atomic E-state index is -0.749. The van der Waals surface area contributed by atoms with Gasteiger partial charge in [0.05, 0.1) is 19.1 Å². The Kier molecular flexibility index (Phi) is 1.67. The van der Waals surface area contributed by atoms with Crippen molar-refractivity contribution in [2.75, 3.05) is 7.11 Å². The maximum Gasteiger partial charge on any atom is 0.309 e. The maximum atomic E-state index is 11.5. The summed E-state index contributed by atoms with van der Waals surface area (Å²) in [6.45, 7) is 0. The first kappa shape index (κ1) is 8.68. The molecule has 6 atom stereocenters. The summed E-state index contributed by atoms with van der Waals surface area (Å²) in [5, 5.41) is 9.68. The third-order valence-electron chi connectivity index (χ3n) is 4.12. The van der Waals surface area contributed by atoms with Crippen molar-refractivity contribution in [2.24, 2.45) is 23.7 Å². The second-order valence-electron chi connectivity index (χ2n) is 4.59. The number of hydrogen-bond acceptors (Lipinski definition) is 4. The Morgan fingerprint density at radius 1 is 1.50 bits per heavy atom. The number of rotatable bonds is 1. The fourth-order valence-corrected chi connectivity index (χ4v) is 3.65. The van der Waals surface area contributed by atoms with Crippen LogP contribution in [0.3, 0.4) is 0 Å². The van der Waals surface area contributed by atoms with Gasteiger partial charge in [0.25, 0.3) is 0 Å². The molecule has 2 aliphatic carbocycles. The van der Waals surface area contributed by atoms with Crippen LogP contribution in [0.15, 0.2) is 0 Å². The van der Waals surface area contributed by atoms with Crippen molar-refractivity contribution in [1.82, 2.24) is 0 Å². The molecule has 0 spiro atoms. The highest BCUT2D eigenvalue weighted by molar-refractivity contribution is 5.74. The number of carbonyl (C=O) groups excluding carboxylic acids is 1. The first-order chi connectivity index (χ1) is 6.72. The zero-order chi connectivity index (χ0) is 9.87. The molecular formula is C10H14O4. The molecule has 2 saturated carbocycles. The van der Waals surface area contributed by atoms with Crippen molar-refractivity contribution in [1.29, 1.82) is 0 Å². The summed E-state index contributed by atoms with van der Waals surface area (Å²) in [7, 11) is 1.41. The SMILES string of the molecule is COC(=O)C1C2CC3OC(O)C1C3C2. The number of aliphatic hydroxyl groups is 1. The Hall–Kier alpha value is -0.610. The van der Waals surface area contributed by atoms with Crippen LogP contribution in [0.1, 0.15) is 12.8 Å². The van der Waals surface area contributed by atoms with Gasteiger partial charge in [-0.2, -0.15) is 0 Å². The molecule has 3 rings (SSSR count). The van der Waals surface area contributed by atoms with E-state index in [1.807, 2.05) is 0 Å². The first-order valence-electron chi connectivity index (χ1n) is 5.13. The Morgan fingerprint density at radius 3 is 3.00 bits per heavy atom. The van der Waals surface area contributed by atoms with Gasteiger partial charge >= 0.3 is 5.97 Å². The van der Waals surface area contributed by atoms with Crippen molar-refractivity contribution >= 4 is 5.97 Å². The average molecular weight is 198 g/mol. The van der Waals surface area contributed by atoms with Gasteiger partial charge in [0.1, 0.15) is 0 Å². The highest BCUT2D eigenvalue weighted by Gasteiger charge is 2.63. The number of carbonyl (C=O) groups is 1. The number of fused-ring (bicyclic) bond motifs is 1. The highest BCUT2D eigenvalue weighted by Crippen LogP contribution is 2.59. The van der Waals surface area contributed by atoms with Crippen molar-refractivity contribution in [3.05, 3.63) is 0 Å². The summed E-state index contributed by atoms with van der Waals surface area (Å²) in [5.41, 5.74) is 0. The predicted octanol–water partition coefficient (Wildman–Crippen LogP) is 0.149. The lowest BCUT2D eigenvalue weighted by molar-refractivity contribution is -0.153. The average Bonchev–Trinajstić information content (AvgIpc) is 2.75. The van der Waals surface area contributed by atoms with E-state index in [9.17, 15) is 9.90 Å². The van der Waals surface area contributed by atoms with Crippen LogP contribution in [0.25, 0.3) is 0 Å². The van der Waals surface area contributed by atoms with E-state index in [4.69, 9.17) is 9.47 Å². The van der Waals surface area contributed by atoms with E-state index < -0.39 is 6.29 Å². The zero-order valence-corrected chi connectivity index (χ0v) is 8.05. The minimum absolute atomic E-state index is 0.00815. The number of methoxy groups -OCH3 is 1. The molecule has 1 aliphatic heterocycles. The van der Waals surface area contributed by atoms with Crippen molar-refractivity contribution < 1.29 is 19.4 Å². The van der Waals surface area contributed by atoms with Gasteiger partial charge < -0.3 is 14.6 Å². The molecule has 4 heteroatoms. The lowest BCUT2D eigenvalue weighted by Crippen LogP contribution is -2.34. The molecule has 0 aromatic heterocycles. The summed E-state index contributed by atoms with van der Waals surface area (Å²) in [6.07, 6.45) is 1.38. The van der Waals surface area contributed by atoms with Crippen molar-refractivity contribution in [3.8, 4) is 0 Å². The van der Waals surface area contributed by atoms with Crippen molar-refractivity contribution in [2.45, 2.75) is 25.2 Å². The van der Waals surface area contributed by atoms with Crippen LogP contribution in [0.4, 0.5) is 0 Å². The van der Waals surface area contributed by atoms with E-state index >= 15 is 0 Å². The molecule has 3 fully saturated rings. The number of esters is 1. The third kappa shape index (κ3) is 0.880. The molecule has 0 amide bonds. The van der Waals surface area contributed by atoms with Crippen LogP contribution in [-0.4, -0.2) is 30.6 Å². The van der Waals surface area contributed by atoms with E-state index in [0.29, 0.717) is 11.8 Å². The zero-order valence-electron chi connectivity index (χ0n) is 8.05. The second kappa shape index (κ2) is 2.70. The van der Waals surface area contributed by atoms with E-state index in [1.54, 1.807) is 0 Å². The Morgan fingerprint density at radius 2 is 2.29 bits per heavy atom. The Labute approximate surface area is 82.2 Å². The van der Waals surface area contributed by atoms with E-state index in [2.05, 4.69) is 0 Å². The van der Waals surface area contributed by atoms with Gasteiger partial charge in [-0.15, -0.1) is 0 Å². The lowest BCUT2D eigenvalue weighted by atomic mass is 9.80. The summed E-state index contributed by atoms with van der Waals surface area (Å²) in [6, 6.07) is 0. The van der Waals surface area contributed by atoms with E-state index in [1.165, 1.54) is 7.11 Å². The number of ether oxygens (including phenoxy) is 2. The molecule has 1 saturated heterocycles. The number of hydrogen-bond donors (Lipinski definition) is 1. The van der Waals surface area contributed by atoms with Crippen LogP contribution in [0, 0.1) is 23.7 Å². The largest absolute Gasteiger partial charge is 0.469 e. The van der Waals surface area contributed by atoms with Gasteiger partial charge in [0.15, 0.2) is 6.29 Å². The topological polar surface area (TPSA) is 55.8 Å². The summed E-state index contributed by atoms with van der Waals surface area (Å²) in [5.74, 6) is 0.453. The lowest BCUT2D eigenvalue weighted by Gasteiger charge is -2.24. The van der Waals surface area contributed by atoms with Gasteiger partial charge in [0.2, 0.25) is 0 Å². The predicted molar refractivity (Wildman–Crippen MR) is 46.1 cm³/mol. The smallest absolute Gasteiger partial charge is 0.309 e. The third-order valence-corrected chi connectivity index (χ3v) is 4.12. The standard InChI is InChI=1S/C10H14O4/c1-13-9(11)7-4-2-5-6(3-4)14-10(12)8(5)7/h4-8,10,12H,2-3H2,1H3. The summed E-state index contributed by atoms with van der Waals surface area (Å²) >= 11 is 0. The fourth-order valence-electron chi connectivity index (χ4n) is 3.65. The Balaban J connectivity index is 1.91. The van der Waals surface area contributed by atoms with Gasteiger partial charge in [-0.05, 0) is 24.7 Å². The van der Waals surface area contributed by atoms with Gasteiger partial charge in [-0.3, -0.25) is 4.79 Å². The molecule has 4 nitrogen and oxygen atoms in total. The van der Waals surface area contributed by atoms with Gasteiger partial charge in [0, 0.05) is 5.92 Å². The van der Waals surface area contributed by atoms with E-state index in [0.717, 1.165) is 12.8 Å². The molecule has 0 radical (unpaired) electrons. The molecule has 1 heterocycles. The molecule has 1 N–H and O–H groups in total. The van der Waals surface area contributed by atoms with Crippen LogP contribution < -0.4 is 0 Å². The highest BCUT2D eigenvalue weighted by atomic mass is 16.6. The summed E-state index contributed by atoms with van der Waals surface area (Å²) in [4.78, 5) is 11.5. The molecule has 2 bridgehead atoms. The summed E-state index contributed by atoms with van der Waals surface area (Å²) < 4.78 is 10.2. The Bertz CT molecular complexity index is 275. The van der Waals surface area contributed by atoms with E-state index in [-0.39, 0.29) is 23.9 Å². The van der Waals surface area contributed by atoms with Crippen LogP contribution in [0.5, 0.6) is 0 Å². The molecule has 78 valence electrons. The fraction of sp³-hybridized carbons (Fsp3) is 0.900.